The Morgan fingerprint density at radius 1 is 1.04 bits per heavy atom. The smallest absolute Gasteiger partial charge is 0.339 e. The number of nitro benzene ring substituents is 1. The van der Waals surface area contributed by atoms with Crippen LogP contribution in [-0.4, -0.2) is 21.1 Å². The Morgan fingerprint density at radius 2 is 1.67 bits per heavy atom. The van der Waals surface area contributed by atoms with E-state index in [1.54, 1.807) is 36.4 Å². The molecule has 0 unspecified atom stereocenters. The molecule has 0 spiro atoms. The molecule has 0 saturated carbocycles. The topological polar surface area (TPSA) is 101 Å². The predicted molar refractivity (Wildman–Crippen MR) is 89.8 cm³/mol. The maximum atomic E-state index is 11.3. The summed E-state index contributed by atoms with van der Waals surface area (Å²) in [5.74, 6) is -1.49. The molecular formula is C17H11NO5S. The van der Waals surface area contributed by atoms with E-state index in [0.29, 0.717) is 15.7 Å². The van der Waals surface area contributed by atoms with Crippen LogP contribution in [0, 0.1) is 10.1 Å². The Bertz CT molecular complexity index is 953. The number of rotatable bonds is 4. The van der Waals surface area contributed by atoms with Gasteiger partial charge in [-0.1, -0.05) is 36.0 Å². The minimum Gasteiger partial charge on any atom is -0.506 e. The summed E-state index contributed by atoms with van der Waals surface area (Å²) in [5, 5.41) is 31.3. The largest absolute Gasteiger partial charge is 0.506 e. The van der Waals surface area contributed by atoms with Crippen LogP contribution in [0.1, 0.15) is 10.4 Å². The summed E-state index contributed by atoms with van der Waals surface area (Å²) in [7, 11) is 0. The summed E-state index contributed by atoms with van der Waals surface area (Å²) in [6.45, 7) is 0. The van der Waals surface area contributed by atoms with Gasteiger partial charge in [-0.25, -0.2) is 4.79 Å². The number of aromatic carboxylic acids is 1. The minimum absolute atomic E-state index is 0.0128. The van der Waals surface area contributed by atoms with Crippen molar-refractivity contribution in [3.05, 3.63) is 70.3 Å². The van der Waals surface area contributed by atoms with Gasteiger partial charge in [0, 0.05) is 27.3 Å². The van der Waals surface area contributed by atoms with Crippen molar-refractivity contribution in [1.29, 1.82) is 0 Å². The second kappa shape index (κ2) is 6.21. The fraction of sp³-hybridized carbons (Fsp3) is 0. The number of carboxylic acid groups (broad SMARTS) is 1. The second-order valence-electron chi connectivity index (χ2n) is 4.97. The Kier molecular flexibility index (Phi) is 4.09. The van der Waals surface area contributed by atoms with Crippen molar-refractivity contribution in [2.24, 2.45) is 0 Å². The third kappa shape index (κ3) is 2.89. The minimum atomic E-state index is -1.22. The molecule has 0 aliphatic rings. The highest BCUT2D eigenvalue weighted by molar-refractivity contribution is 7.99. The summed E-state index contributed by atoms with van der Waals surface area (Å²) in [5.41, 5.74) is -0.195. The number of carbonyl (C=O) groups is 1. The number of non-ortho nitro benzene ring substituents is 1. The number of aromatic hydroxyl groups is 1. The lowest BCUT2D eigenvalue weighted by atomic mass is 10.1. The average molecular weight is 341 g/mol. The van der Waals surface area contributed by atoms with E-state index in [4.69, 9.17) is 0 Å². The lowest BCUT2D eigenvalue weighted by Crippen LogP contribution is -1.98. The molecule has 0 bridgehead atoms. The van der Waals surface area contributed by atoms with Gasteiger partial charge in [0.15, 0.2) is 0 Å². The number of hydrogen-bond acceptors (Lipinski definition) is 5. The lowest BCUT2D eigenvalue weighted by molar-refractivity contribution is -0.384. The quantitative estimate of drug-likeness (QED) is 0.542. The molecule has 0 aliphatic carbocycles. The van der Waals surface area contributed by atoms with Crippen molar-refractivity contribution in [2.45, 2.75) is 9.79 Å². The number of nitro groups is 1. The maximum Gasteiger partial charge on any atom is 0.339 e. The monoisotopic (exact) mass is 341 g/mol. The van der Waals surface area contributed by atoms with Gasteiger partial charge in [-0.05, 0) is 23.6 Å². The fourth-order valence-corrected chi connectivity index (χ4v) is 3.33. The molecule has 0 amide bonds. The number of benzene rings is 3. The lowest BCUT2D eigenvalue weighted by Gasteiger charge is -2.10. The molecule has 24 heavy (non-hydrogen) atoms. The predicted octanol–water partition coefficient (Wildman–Crippen LogP) is 4.30. The van der Waals surface area contributed by atoms with E-state index in [-0.39, 0.29) is 17.0 Å². The first-order valence-corrected chi connectivity index (χ1v) is 7.69. The molecule has 3 aromatic rings. The van der Waals surface area contributed by atoms with Crippen LogP contribution in [0.4, 0.5) is 5.69 Å². The summed E-state index contributed by atoms with van der Waals surface area (Å²) < 4.78 is 0. The van der Waals surface area contributed by atoms with E-state index in [0.717, 1.165) is 4.90 Å². The molecule has 6 nitrogen and oxygen atoms in total. The highest BCUT2D eigenvalue weighted by atomic mass is 32.2. The van der Waals surface area contributed by atoms with Crippen molar-refractivity contribution < 1.29 is 19.9 Å². The van der Waals surface area contributed by atoms with E-state index in [1.165, 1.54) is 30.0 Å². The first-order valence-electron chi connectivity index (χ1n) is 6.87. The zero-order valence-electron chi connectivity index (χ0n) is 12.2. The number of hydrogen-bond donors (Lipinski definition) is 2. The molecular weight excluding hydrogens is 330 g/mol. The molecule has 3 aromatic carbocycles. The van der Waals surface area contributed by atoms with Crippen LogP contribution in [0.3, 0.4) is 0 Å². The normalized spacial score (nSPS) is 10.7. The summed E-state index contributed by atoms with van der Waals surface area (Å²) in [6.07, 6.45) is 0. The zero-order valence-corrected chi connectivity index (χ0v) is 13.0. The van der Waals surface area contributed by atoms with E-state index in [1.807, 2.05) is 0 Å². The standard InChI is InChI=1S/C17H11NO5S/c19-16-13-4-2-1-3-12(13)15(9-14(16)17(20)21)24-11-7-5-10(6-8-11)18(22)23/h1-9,19H,(H,20,21). The van der Waals surface area contributed by atoms with Crippen LogP contribution in [0.2, 0.25) is 0 Å². The Morgan fingerprint density at radius 3 is 2.25 bits per heavy atom. The van der Waals surface area contributed by atoms with Gasteiger partial charge < -0.3 is 10.2 Å². The van der Waals surface area contributed by atoms with Gasteiger partial charge in [-0.15, -0.1) is 0 Å². The van der Waals surface area contributed by atoms with Gasteiger partial charge in [0.25, 0.3) is 5.69 Å². The van der Waals surface area contributed by atoms with Crippen LogP contribution in [-0.2, 0) is 0 Å². The number of phenols is 1. The number of fused-ring (bicyclic) bond motifs is 1. The molecule has 0 aliphatic heterocycles. The first kappa shape index (κ1) is 15.8. The molecule has 0 heterocycles. The van der Waals surface area contributed by atoms with Crippen LogP contribution < -0.4 is 0 Å². The van der Waals surface area contributed by atoms with Gasteiger partial charge in [-0.2, -0.15) is 0 Å². The first-order chi connectivity index (χ1) is 11.5. The zero-order chi connectivity index (χ0) is 17.3. The molecule has 0 fully saturated rings. The van der Waals surface area contributed by atoms with Crippen molar-refractivity contribution in [2.75, 3.05) is 0 Å². The molecule has 7 heteroatoms. The average Bonchev–Trinajstić information content (AvgIpc) is 2.57. The molecule has 2 N–H and O–H groups in total. The van der Waals surface area contributed by atoms with Crippen LogP contribution in [0.15, 0.2) is 64.4 Å². The molecule has 0 saturated heterocycles. The molecule has 120 valence electrons. The number of nitrogens with zero attached hydrogens (tertiary/aromatic N) is 1. The van der Waals surface area contributed by atoms with Crippen LogP contribution >= 0.6 is 11.8 Å². The third-order valence-corrected chi connectivity index (χ3v) is 4.55. The van der Waals surface area contributed by atoms with Gasteiger partial charge in [0.1, 0.15) is 11.3 Å². The van der Waals surface area contributed by atoms with Crippen molar-refractivity contribution in [3.63, 3.8) is 0 Å². The van der Waals surface area contributed by atoms with E-state index in [2.05, 4.69) is 0 Å². The van der Waals surface area contributed by atoms with Gasteiger partial charge in [0.05, 0.1) is 4.92 Å². The highest BCUT2D eigenvalue weighted by Gasteiger charge is 2.17. The summed E-state index contributed by atoms with van der Waals surface area (Å²) >= 11 is 1.28. The van der Waals surface area contributed by atoms with Crippen molar-refractivity contribution >= 4 is 34.2 Å². The summed E-state index contributed by atoms with van der Waals surface area (Å²) in [6, 6.07) is 14.3. The fourth-order valence-electron chi connectivity index (χ4n) is 2.34. The SMILES string of the molecule is O=C(O)c1cc(Sc2ccc([N+](=O)[O-])cc2)c2ccccc2c1O. The Labute approximate surface area is 140 Å². The number of carboxylic acids is 1. The van der Waals surface area contributed by atoms with Crippen LogP contribution in [0.25, 0.3) is 10.8 Å². The van der Waals surface area contributed by atoms with E-state index in [9.17, 15) is 25.1 Å². The van der Waals surface area contributed by atoms with Gasteiger partial charge in [0.2, 0.25) is 0 Å². The van der Waals surface area contributed by atoms with E-state index >= 15 is 0 Å². The molecule has 0 radical (unpaired) electrons. The van der Waals surface area contributed by atoms with Crippen molar-refractivity contribution in [3.8, 4) is 5.75 Å². The molecule has 0 atom stereocenters. The van der Waals surface area contributed by atoms with E-state index < -0.39 is 10.9 Å². The second-order valence-corrected chi connectivity index (χ2v) is 6.09. The highest BCUT2D eigenvalue weighted by Crippen LogP contribution is 2.39. The molecule has 0 aromatic heterocycles. The van der Waals surface area contributed by atoms with Crippen molar-refractivity contribution in [1.82, 2.24) is 0 Å². The van der Waals surface area contributed by atoms with Gasteiger partial charge >= 0.3 is 5.97 Å². The third-order valence-electron chi connectivity index (χ3n) is 3.48. The van der Waals surface area contributed by atoms with Gasteiger partial charge in [-0.3, -0.25) is 10.1 Å². The Balaban J connectivity index is 2.10. The Hall–Kier alpha value is -3.06. The summed E-state index contributed by atoms with van der Waals surface area (Å²) in [4.78, 5) is 23.0. The molecule has 3 rings (SSSR count). The van der Waals surface area contributed by atoms with Crippen LogP contribution in [0.5, 0.6) is 5.75 Å². The maximum absolute atomic E-state index is 11.3.